The predicted molar refractivity (Wildman–Crippen MR) is 78.2 cm³/mol. The number of halogens is 1. The Morgan fingerprint density at radius 1 is 1.28 bits per heavy atom. The Hall–Kier alpha value is -1.03. The number of hydrogen-bond donors (Lipinski definition) is 2. The van der Waals surface area contributed by atoms with E-state index in [4.69, 9.17) is 11.6 Å². The first-order valence-corrected chi connectivity index (χ1v) is 6.67. The van der Waals surface area contributed by atoms with Gasteiger partial charge in [0.05, 0.1) is 5.02 Å². The second kappa shape index (κ2) is 6.23. The van der Waals surface area contributed by atoms with Gasteiger partial charge in [-0.2, -0.15) is 0 Å². The highest BCUT2D eigenvalue weighted by Crippen LogP contribution is 2.26. The zero-order valence-corrected chi connectivity index (χ0v) is 11.7. The second-order valence-corrected chi connectivity index (χ2v) is 5.17. The molecule has 0 fully saturated rings. The van der Waals surface area contributed by atoms with Crippen LogP contribution >= 0.6 is 11.6 Å². The van der Waals surface area contributed by atoms with E-state index < -0.39 is 0 Å². The molecule has 0 saturated heterocycles. The molecule has 2 aromatic rings. The van der Waals surface area contributed by atoms with E-state index in [9.17, 15) is 0 Å². The fraction of sp³-hybridized carbons (Fsp3) is 0.429. The van der Waals surface area contributed by atoms with E-state index in [0.29, 0.717) is 0 Å². The minimum absolute atomic E-state index is 0.793. The Morgan fingerprint density at radius 3 is 2.78 bits per heavy atom. The van der Waals surface area contributed by atoms with Crippen molar-refractivity contribution in [2.24, 2.45) is 0 Å². The van der Waals surface area contributed by atoms with Crippen LogP contribution in [0.1, 0.15) is 12.1 Å². The van der Waals surface area contributed by atoms with Crippen LogP contribution in [0.4, 0.5) is 0 Å². The summed E-state index contributed by atoms with van der Waals surface area (Å²) in [4.78, 5) is 5.55. The van der Waals surface area contributed by atoms with Crippen molar-refractivity contribution >= 4 is 22.5 Å². The Balaban J connectivity index is 1.90. The van der Waals surface area contributed by atoms with E-state index >= 15 is 0 Å². The molecule has 0 aliphatic rings. The van der Waals surface area contributed by atoms with Crippen LogP contribution in [-0.2, 0) is 6.54 Å². The van der Waals surface area contributed by atoms with Gasteiger partial charge in [0.1, 0.15) is 0 Å². The van der Waals surface area contributed by atoms with Crippen molar-refractivity contribution in [1.82, 2.24) is 15.2 Å². The fourth-order valence-corrected chi connectivity index (χ4v) is 2.30. The van der Waals surface area contributed by atoms with Crippen LogP contribution in [-0.4, -0.2) is 37.1 Å². The molecule has 98 valence electrons. The number of aromatic amines is 1. The molecule has 1 heterocycles. The van der Waals surface area contributed by atoms with E-state index in [0.717, 1.165) is 47.7 Å². The summed E-state index contributed by atoms with van der Waals surface area (Å²) in [7, 11) is 4.18. The Kier molecular flexibility index (Phi) is 4.64. The first-order valence-electron chi connectivity index (χ1n) is 6.29. The molecule has 0 spiro atoms. The topological polar surface area (TPSA) is 31.1 Å². The number of nitrogens with one attached hydrogen (secondary N) is 2. The van der Waals surface area contributed by atoms with Crippen LogP contribution in [0.2, 0.25) is 5.02 Å². The first-order chi connectivity index (χ1) is 8.68. The molecule has 4 heteroatoms. The molecule has 0 amide bonds. The van der Waals surface area contributed by atoms with Gasteiger partial charge in [0.2, 0.25) is 0 Å². The van der Waals surface area contributed by atoms with Crippen molar-refractivity contribution < 1.29 is 0 Å². The van der Waals surface area contributed by atoms with Gasteiger partial charge in [0.15, 0.2) is 0 Å². The summed E-state index contributed by atoms with van der Waals surface area (Å²) in [6.07, 6.45) is 1.14. The van der Waals surface area contributed by atoms with Crippen molar-refractivity contribution in [3.8, 4) is 0 Å². The molecule has 3 nitrogen and oxygen atoms in total. The van der Waals surface area contributed by atoms with Gasteiger partial charge in [-0.05, 0) is 39.7 Å². The van der Waals surface area contributed by atoms with Gasteiger partial charge >= 0.3 is 0 Å². The molecule has 0 radical (unpaired) electrons. The van der Waals surface area contributed by atoms with Gasteiger partial charge in [-0.15, -0.1) is 0 Å². The zero-order chi connectivity index (χ0) is 13.0. The zero-order valence-electron chi connectivity index (χ0n) is 11.0. The number of hydrogen-bond acceptors (Lipinski definition) is 2. The maximum atomic E-state index is 6.34. The molecule has 2 rings (SSSR count). The monoisotopic (exact) mass is 265 g/mol. The SMILES string of the molecule is CN(C)CCCNCc1[nH]c2ccccc2c1Cl. The van der Waals surface area contributed by atoms with Crippen molar-refractivity contribution in [1.29, 1.82) is 0 Å². The summed E-state index contributed by atoms with van der Waals surface area (Å²) < 4.78 is 0. The van der Waals surface area contributed by atoms with Gasteiger partial charge < -0.3 is 15.2 Å². The molecule has 0 atom stereocenters. The van der Waals surface area contributed by atoms with E-state index in [1.807, 2.05) is 18.2 Å². The molecule has 1 aromatic carbocycles. The van der Waals surface area contributed by atoms with Gasteiger partial charge in [-0.25, -0.2) is 0 Å². The first kappa shape index (κ1) is 13.4. The molecule has 0 aliphatic carbocycles. The third-order valence-electron chi connectivity index (χ3n) is 2.97. The summed E-state index contributed by atoms with van der Waals surface area (Å²) in [5.74, 6) is 0. The van der Waals surface area contributed by atoms with Gasteiger partial charge in [-0.1, -0.05) is 29.8 Å². The summed E-state index contributed by atoms with van der Waals surface area (Å²) in [5.41, 5.74) is 2.18. The highest BCUT2D eigenvalue weighted by molar-refractivity contribution is 6.36. The van der Waals surface area contributed by atoms with Crippen molar-refractivity contribution in [3.05, 3.63) is 35.0 Å². The number of benzene rings is 1. The maximum absolute atomic E-state index is 6.34. The summed E-state index contributed by atoms with van der Waals surface area (Å²) >= 11 is 6.34. The molecular formula is C14H20ClN3. The third-order valence-corrected chi connectivity index (χ3v) is 3.41. The lowest BCUT2D eigenvalue weighted by Gasteiger charge is -2.09. The smallest absolute Gasteiger partial charge is 0.0705 e. The number of nitrogens with zero attached hydrogens (tertiary/aromatic N) is 1. The van der Waals surface area contributed by atoms with Crippen LogP contribution in [0.25, 0.3) is 10.9 Å². The number of H-pyrrole nitrogens is 1. The average molecular weight is 266 g/mol. The minimum atomic E-state index is 0.793. The molecule has 18 heavy (non-hydrogen) atoms. The van der Waals surface area contributed by atoms with Crippen molar-refractivity contribution in [2.75, 3.05) is 27.2 Å². The summed E-state index contributed by atoms with van der Waals surface area (Å²) in [6.45, 7) is 2.90. The normalized spacial score (nSPS) is 11.6. The molecule has 0 unspecified atom stereocenters. The fourth-order valence-electron chi connectivity index (χ4n) is 2.02. The van der Waals surface area contributed by atoms with Gasteiger partial charge in [-0.3, -0.25) is 0 Å². The number of fused-ring (bicyclic) bond motifs is 1. The Bertz CT molecular complexity index is 505. The predicted octanol–water partition coefficient (Wildman–Crippen LogP) is 2.86. The van der Waals surface area contributed by atoms with Crippen LogP contribution < -0.4 is 5.32 Å². The summed E-state index contributed by atoms with van der Waals surface area (Å²) in [5, 5.41) is 5.36. The third kappa shape index (κ3) is 3.25. The average Bonchev–Trinajstić information content (AvgIpc) is 2.66. The molecule has 0 saturated carbocycles. The van der Waals surface area contributed by atoms with E-state index in [-0.39, 0.29) is 0 Å². The molecule has 2 N–H and O–H groups in total. The largest absolute Gasteiger partial charge is 0.356 e. The van der Waals surface area contributed by atoms with Crippen molar-refractivity contribution in [2.45, 2.75) is 13.0 Å². The van der Waals surface area contributed by atoms with E-state index in [2.05, 4.69) is 35.4 Å². The summed E-state index contributed by atoms with van der Waals surface area (Å²) in [6, 6.07) is 8.13. The number of aromatic nitrogens is 1. The van der Waals surface area contributed by atoms with E-state index in [1.54, 1.807) is 0 Å². The highest BCUT2D eigenvalue weighted by Gasteiger charge is 2.07. The van der Waals surface area contributed by atoms with Crippen molar-refractivity contribution in [3.63, 3.8) is 0 Å². The van der Waals surface area contributed by atoms with Crippen LogP contribution in [0.5, 0.6) is 0 Å². The van der Waals surface area contributed by atoms with Crippen LogP contribution in [0.15, 0.2) is 24.3 Å². The lowest BCUT2D eigenvalue weighted by Crippen LogP contribution is -2.21. The van der Waals surface area contributed by atoms with E-state index in [1.165, 1.54) is 0 Å². The standard InChI is InChI=1S/C14H20ClN3/c1-18(2)9-5-8-16-10-13-14(15)11-6-3-4-7-12(11)17-13/h3-4,6-7,16-17H,5,8-10H2,1-2H3. The highest BCUT2D eigenvalue weighted by atomic mass is 35.5. The maximum Gasteiger partial charge on any atom is 0.0705 e. The Labute approximate surface area is 113 Å². The number of para-hydroxylation sites is 1. The molecule has 0 aliphatic heterocycles. The Morgan fingerprint density at radius 2 is 2.06 bits per heavy atom. The molecule has 0 bridgehead atoms. The minimum Gasteiger partial charge on any atom is -0.356 e. The van der Waals surface area contributed by atoms with Crippen LogP contribution in [0.3, 0.4) is 0 Å². The second-order valence-electron chi connectivity index (χ2n) is 4.80. The lowest BCUT2D eigenvalue weighted by molar-refractivity contribution is 0.394. The van der Waals surface area contributed by atoms with Gasteiger partial charge in [0.25, 0.3) is 0 Å². The number of rotatable bonds is 6. The quantitative estimate of drug-likeness (QED) is 0.787. The molecular weight excluding hydrogens is 246 g/mol. The lowest BCUT2D eigenvalue weighted by atomic mass is 10.2. The molecule has 1 aromatic heterocycles. The van der Waals surface area contributed by atoms with Crippen LogP contribution in [0, 0.1) is 0 Å². The van der Waals surface area contributed by atoms with Gasteiger partial charge in [0, 0.05) is 23.1 Å².